The molecule has 3 aliphatic heterocycles. The average molecular weight is 759 g/mol. The van der Waals surface area contributed by atoms with Crippen molar-refractivity contribution in [2.24, 2.45) is 28.0 Å². The molecule has 1 N–H and O–H groups in total. The van der Waals surface area contributed by atoms with E-state index >= 15 is 0 Å². The molecule has 9 nitrogen and oxygen atoms in total. The predicted octanol–water partition coefficient (Wildman–Crippen LogP) is 7.66. The van der Waals surface area contributed by atoms with E-state index in [9.17, 15) is 22.6 Å². The van der Waals surface area contributed by atoms with Gasteiger partial charge in [-0.1, -0.05) is 36.7 Å². The van der Waals surface area contributed by atoms with Crippen LogP contribution in [0.1, 0.15) is 73.4 Å². The van der Waals surface area contributed by atoms with E-state index < -0.39 is 34.2 Å². The Hall–Kier alpha value is -3.22. The molecule has 1 saturated carbocycles. The summed E-state index contributed by atoms with van der Waals surface area (Å²) in [6.07, 6.45) is 7.46. The van der Waals surface area contributed by atoms with E-state index in [1.54, 1.807) is 25.3 Å². The number of piperidine rings is 1. The van der Waals surface area contributed by atoms with E-state index in [1.165, 1.54) is 16.0 Å². The summed E-state index contributed by atoms with van der Waals surface area (Å²) in [7, 11) is -1.87. The number of fused-ring (bicyclic) bond motifs is 4. The molecule has 13 heteroatoms. The van der Waals surface area contributed by atoms with E-state index in [0.717, 1.165) is 49.4 Å². The third-order valence-corrected chi connectivity index (χ3v) is 14.2. The minimum atomic E-state index is -3.61. The molecule has 5 aliphatic rings. The number of aryl methyl sites for hydroxylation is 1. The number of rotatable bonds is 3. The second kappa shape index (κ2) is 15.3. The number of urea groups is 1. The van der Waals surface area contributed by atoms with Gasteiger partial charge in [0.15, 0.2) is 0 Å². The van der Waals surface area contributed by atoms with Crippen LogP contribution in [-0.2, 0) is 26.5 Å². The Morgan fingerprint density at radius 2 is 1.96 bits per heavy atom. The Labute approximate surface area is 310 Å². The van der Waals surface area contributed by atoms with Crippen LogP contribution >= 0.6 is 11.6 Å². The highest BCUT2D eigenvalue weighted by molar-refractivity contribution is 7.92. The van der Waals surface area contributed by atoms with Crippen molar-refractivity contribution in [1.29, 1.82) is 0 Å². The van der Waals surface area contributed by atoms with Crippen LogP contribution < -0.4 is 14.4 Å². The van der Waals surface area contributed by atoms with Crippen molar-refractivity contribution in [3.8, 4) is 5.75 Å². The number of halogens is 3. The van der Waals surface area contributed by atoms with Gasteiger partial charge in [-0.25, -0.2) is 17.8 Å². The van der Waals surface area contributed by atoms with E-state index in [0.29, 0.717) is 37.2 Å². The maximum absolute atomic E-state index is 14.5. The predicted molar refractivity (Wildman–Crippen MR) is 199 cm³/mol. The molecule has 2 bridgehead atoms. The molecule has 282 valence electrons. The van der Waals surface area contributed by atoms with Crippen LogP contribution in [0.3, 0.4) is 0 Å². The van der Waals surface area contributed by atoms with Gasteiger partial charge < -0.3 is 19.3 Å². The summed E-state index contributed by atoms with van der Waals surface area (Å²) >= 11 is 6.45. The lowest BCUT2D eigenvalue weighted by Crippen LogP contribution is -2.49. The Morgan fingerprint density at radius 3 is 2.69 bits per heavy atom. The fourth-order valence-corrected chi connectivity index (χ4v) is 11.0. The number of likely N-dealkylation sites (tertiary alicyclic amines) is 1. The lowest BCUT2D eigenvalue weighted by atomic mass is 9.68. The zero-order chi connectivity index (χ0) is 36.6. The average Bonchev–Trinajstić information content (AvgIpc) is 3.25. The van der Waals surface area contributed by atoms with Gasteiger partial charge in [-0.2, -0.15) is 0 Å². The van der Waals surface area contributed by atoms with Crippen molar-refractivity contribution in [2.45, 2.75) is 76.2 Å². The normalized spacial score (nSPS) is 31.8. The number of hydrogen-bond donors (Lipinski definition) is 1. The number of benzene rings is 2. The number of hydrogen-bond acceptors (Lipinski definition) is 6. The number of nitrogens with zero attached hydrogens (tertiary/aromatic N) is 3. The maximum atomic E-state index is 14.5. The molecular weight excluding hydrogens is 710 g/mol. The number of ether oxygens (including phenoxy) is 2. The highest BCUT2D eigenvalue weighted by Crippen LogP contribution is 2.47. The van der Waals surface area contributed by atoms with Gasteiger partial charge in [0.1, 0.15) is 15.7 Å². The molecule has 3 amide bonds. The standard InChI is InChI=1S/C39H49ClF2N4O5S/c1-25-5-3-7-34(50-2)31-11-8-29(31)21-46-23-39(16-4-6-27-19-30(40)10-12-32(27)39)24-51-35-13-9-28(20-33(35)46)37(47)43-52(49,22-25)44-38(48)45-17-14-26(15-18-45)36(41)42/h3,7,9-10,12-13,19-20,25-26,29,31,34,36H,4-6,8,11,14-18,21-24H2,1-2H3,(H,43,44,47,48,49)/b7-3+/t25-,29-,31+,34-,39-,52-/m0/s1. The molecule has 0 aromatic heterocycles. The molecular formula is C39H49ClF2N4O5S. The molecule has 1 saturated heterocycles. The van der Waals surface area contributed by atoms with Gasteiger partial charge in [0, 0.05) is 55.2 Å². The van der Waals surface area contributed by atoms with Gasteiger partial charge in [0.2, 0.25) is 6.43 Å². The highest BCUT2D eigenvalue weighted by atomic mass is 35.5. The SMILES string of the molecule is CO[C@H]1/C=C/C[C@H](C)C[S@@](=O)(NC(=O)N2CCC(C(F)F)CC2)=NC(=O)c2ccc3c(c2)N(C[C@@H]2CC[C@H]21)C[C@@]1(CCCc2cc(Cl)ccc21)CO3. The molecule has 2 aromatic carbocycles. The number of alkyl halides is 2. The van der Waals surface area contributed by atoms with Crippen molar-refractivity contribution in [2.75, 3.05) is 50.5 Å². The molecule has 2 aliphatic carbocycles. The number of allylic oxidation sites excluding steroid dienone is 1. The molecule has 52 heavy (non-hydrogen) atoms. The summed E-state index contributed by atoms with van der Waals surface area (Å²) < 4.78 is 60.6. The third-order valence-electron chi connectivity index (χ3n) is 11.9. The largest absolute Gasteiger partial charge is 0.490 e. The van der Waals surface area contributed by atoms with Gasteiger partial charge in [-0.15, -0.1) is 4.36 Å². The summed E-state index contributed by atoms with van der Waals surface area (Å²) in [5.74, 6) is -0.391. The van der Waals surface area contributed by atoms with Crippen LogP contribution in [-0.4, -0.2) is 79.2 Å². The zero-order valence-electron chi connectivity index (χ0n) is 29.9. The van der Waals surface area contributed by atoms with E-state index in [1.807, 2.05) is 19.1 Å². The number of nitrogens with one attached hydrogen (secondary N) is 1. The monoisotopic (exact) mass is 758 g/mol. The van der Waals surface area contributed by atoms with Gasteiger partial charge in [0.05, 0.1) is 24.2 Å². The van der Waals surface area contributed by atoms with Gasteiger partial charge >= 0.3 is 6.03 Å². The minimum absolute atomic E-state index is 0.0574. The maximum Gasteiger partial charge on any atom is 0.329 e. The first-order valence-corrected chi connectivity index (χ1v) is 20.7. The van der Waals surface area contributed by atoms with Crippen molar-refractivity contribution in [3.63, 3.8) is 0 Å². The van der Waals surface area contributed by atoms with Crippen LogP contribution in [0.2, 0.25) is 5.02 Å². The van der Waals surface area contributed by atoms with Gasteiger partial charge in [-0.3, -0.25) is 9.52 Å². The molecule has 6 atom stereocenters. The second-order valence-electron chi connectivity index (χ2n) is 15.5. The number of carbonyl (C=O) groups excluding carboxylic acids is 2. The fraction of sp³-hybridized carbons (Fsp3) is 0.590. The highest BCUT2D eigenvalue weighted by Gasteiger charge is 2.44. The number of amides is 3. The summed E-state index contributed by atoms with van der Waals surface area (Å²) in [6.45, 7) is 4.05. The number of anilines is 1. The molecule has 2 aromatic rings. The summed E-state index contributed by atoms with van der Waals surface area (Å²) in [5.41, 5.74) is 3.24. The second-order valence-corrected chi connectivity index (χ2v) is 18.0. The van der Waals surface area contributed by atoms with Crippen LogP contribution in [0.5, 0.6) is 5.75 Å². The third kappa shape index (κ3) is 7.71. The zero-order valence-corrected chi connectivity index (χ0v) is 31.5. The number of methoxy groups -OCH3 is 1. The topological polar surface area (TPSA) is 101 Å². The van der Waals surface area contributed by atoms with Crippen LogP contribution in [0.15, 0.2) is 52.9 Å². The first-order valence-electron chi connectivity index (χ1n) is 18.6. The molecule has 1 spiro atoms. The van der Waals surface area contributed by atoms with Crippen LogP contribution in [0.25, 0.3) is 0 Å². The first-order chi connectivity index (χ1) is 25.0. The van der Waals surface area contributed by atoms with Crippen molar-refractivity contribution in [3.05, 3.63) is 70.3 Å². The van der Waals surface area contributed by atoms with Gasteiger partial charge in [-0.05, 0) is 111 Å². The van der Waals surface area contributed by atoms with Crippen LogP contribution in [0, 0.1) is 23.7 Å². The molecule has 2 fully saturated rings. The molecule has 0 radical (unpaired) electrons. The summed E-state index contributed by atoms with van der Waals surface area (Å²) in [6, 6.07) is 10.7. The van der Waals surface area contributed by atoms with Crippen molar-refractivity contribution >= 4 is 39.1 Å². The Kier molecular flexibility index (Phi) is 10.9. The fourth-order valence-electron chi connectivity index (χ4n) is 8.92. The van der Waals surface area contributed by atoms with E-state index in [-0.39, 0.29) is 54.7 Å². The summed E-state index contributed by atoms with van der Waals surface area (Å²) in [4.78, 5) is 31.1. The molecule has 7 rings (SSSR count). The first kappa shape index (κ1) is 37.1. The van der Waals surface area contributed by atoms with E-state index in [2.05, 4.69) is 32.2 Å². The number of carbonyl (C=O) groups is 2. The van der Waals surface area contributed by atoms with Gasteiger partial charge in [0.25, 0.3) is 5.91 Å². The lowest BCUT2D eigenvalue weighted by Gasteiger charge is -2.46. The Morgan fingerprint density at radius 1 is 1.15 bits per heavy atom. The van der Waals surface area contributed by atoms with Crippen molar-refractivity contribution in [1.82, 2.24) is 9.62 Å². The lowest BCUT2D eigenvalue weighted by molar-refractivity contribution is 0.0131. The molecule has 3 heterocycles. The Balaban J connectivity index is 1.25. The van der Waals surface area contributed by atoms with Crippen molar-refractivity contribution < 1.29 is 32.1 Å². The van der Waals surface area contributed by atoms with E-state index in [4.69, 9.17) is 21.1 Å². The quantitative estimate of drug-likeness (QED) is 0.323. The minimum Gasteiger partial charge on any atom is -0.490 e. The van der Waals surface area contributed by atoms with Crippen LogP contribution in [0.4, 0.5) is 19.3 Å². The molecule has 0 unspecified atom stereocenters. The Bertz CT molecular complexity index is 1830. The smallest absolute Gasteiger partial charge is 0.329 e. The summed E-state index contributed by atoms with van der Waals surface area (Å²) in [5, 5.41) is 0.722.